The summed E-state index contributed by atoms with van der Waals surface area (Å²) in [6, 6.07) is 20.4. The van der Waals surface area contributed by atoms with Crippen LogP contribution in [0.25, 0.3) is 11.3 Å². The number of aliphatic hydroxyl groups excluding tert-OH is 2. The zero-order valence-electron chi connectivity index (χ0n) is 28.9. The molecule has 1 aromatic heterocycles. The highest BCUT2D eigenvalue weighted by molar-refractivity contribution is 5.82. The van der Waals surface area contributed by atoms with E-state index in [9.17, 15) is 24.6 Å². The molecule has 2 amide bonds. The van der Waals surface area contributed by atoms with Gasteiger partial charge in [0.25, 0.3) is 0 Å². The van der Waals surface area contributed by atoms with Crippen molar-refractivity contribution in [2.24, 2.45) is 10.8 Å². The van der Waals surface area contributed by atoms with Gasteiger partial charge in [-0.3, -0.25) is 9.78 Å². The quantitative estimate of drug-likeness (QED) is 0.158. The Hall–Kier alpha value is -4.32. The molecule has 0 bridgehead atoms. The lowest BCUT2D eigenvalue weighted by Crippen LogP contribution is -2.54. The molecule has 3 aromatic rings. The molecule has 0 spiro atoms. The number of hydroxylamine groups is 1. The fraction of sp³-hybridized carbons (Fsp3) is 0.459. The number of aromatic nitrogens is 1. The van der Waals surface area contributed by atoms with Crippen molar-refractivity contribution in [2.75, 3.05) is 7.11 Å². The number of rotatable bonds is 14. The van der Waals surface area contributed by atoms with Crippen LogP contribution in [0.4, 0.5) is 4.79 Å². The van der Waals surface area contributed by atoms with Crippen molar-refractivity contribution >= 4 is 18.0 Å². The van der Waals surface area contributed by atoms with Crippen LogP contribution < -0.4 is 16.1 Å². The van der Waals surface area contributed by atoms with Crippen LogP contribution in [0.15, 0.2) is 79.0 Å². The van der Waals surface area contributed by atoms with Crippen molar-refractivity contribution in [1.82, 2.24) is 21.1 Å². The summed E-state index contributed by atoms with van der Waals surface area (Å²) in [6.07, 6.45) is -0.764. The van der Waals surface area contributed by atoms with E-state index in [-0.39, 0.29) is 6.42 Å². The predicted octanol–water partition coefficient (Wildman–Crippen LogP) is 4.36. The number of benzene rings is 2. The molecule has 5 N–H and O–H groups in total. The molecule has 0 radical (unpaired) electrons. The minimum absolute atomic E-state index is 0.0588. The van der Waals surface area contributed by atoms with Crippen molar-refractivity contribution in [1.29, 1.82) is 0 Å². The third-order valence-corrected chi connectivity index (χ3v) is 7.96. The summed E-state index contributed by atoms with van der Waals surface area (Å²) in [5.74, 6) is -1.33. The van der Waals surface area contributed by atoms with Gasteiger partial charge in [0, 0.05) is 17.8 Å². The minimum Gasteiger partial charge on any atom is -0.453 e. The first-order valence-electron chi connectivity index (χ1n) is 16.1. The SMILES string of the molecule is COC(=O)N[C@H](C(=O)ON[C@@H](Cc1ccc(-c2ccccn2)cc1)C[C@H](O)[C@H](Cc1ccccc1)NC(=O)[C@@H](O)C(C)(C)C)C(C)(C)C. The Bertz CT molecular complexity index is 1460. The number of carbonyl (C=O) groups excluding carboxylic acids is 3. The van der Waals surface area contributed by atoms with Crippen LogP contribution >= 0.6 is 0 Å². The van der Waals surface area contributed by atoms with Crippen LogP contribution in [-0.2, 0) is 32.0 Å². The van der Waals surface area contributed by atoms with E-state index in [4.69, 9.17) is 9.57 Å². The third kappa shape index (κ3) is 11.7. The molecular formula is C37H50N4O7. The molecule has 0 saturated heterocycles. The molecule has 0 fully saturated rings. The standard InChI is InChI=1S/C37H50N4O7/c1-36(2,3)31(40-35(46)47-7)34(45)48-41-27(21-25-16-18-26(19-17-25)28-15-11-12-20-38-28)23-30(42)29(22-24-13-9-8-10-14-24)39-33(44)32(43)37(4,5)6/h8-20,27,29-32,41-43H,21-23H2,1-7H3,(H,39,44)(H,40,46)/t27-,29-,30-,31+,32+/m0/s1. The molecule has 260 valence electrons. The number of aliphatic hydroxyl groups is 2. The van der Waals surface area contributed by atoms with Gasteiger partial charge in [-0.05, 0) is 53.4 Å². The molecule has 48 heavy (non-hydrogen) atoms. The van der Waals surface area contributed by atoms with Crippen LogP contribution in [0.1, 0.15) is 59.1 Å². The van der Waals surface area contributed by atoms with Crippen LogP contribution in [0.5, 0.6) is 0 Å². The highest BCUT2D eigenvalue weighted by atomic mass is 16.7. The summed E-state index contributed by atoms with van der Waals surface area (Å²) < 4.78 is 4.70. The largest absolute Gasteiger partial charge is 0.453 e. The first-order valence-corrected chi connectivity index (χ1v) is 16.1. The van der Waals surface area contributed by atoms with E-state index in [0.29, 0.717) is 12.8 Å². The zero-order valence-corrected chi connectivity index (χ0v) is 28.9. The molecule has 11 heteroatoms. The summed E-state index contributed by atoms with van der Waals surface area (Å²) >= 11 is 0. The highest BCUT2D eigenvalue weighted by Crippen LogP contribution is 2.23. The van der Waals surface area contributed by atoms with Gasteiger partial charge in [0.2, 0.25) is 5.91 Å². The molecule has 0 saturated carbocycles. The lowest BCUT2D eigenvalue weighted by Gasteiger charge is -2.32. The molecule has 0 aliphatic heterocycles. The first-order chi connectivity index (χ1) is 22.6. The number of amides is 2. The maximum absolute atomic E-state index is 13.3. The second-order valence-corrected chi connectivity index (χ2v) is 14.2. The summed E-state index contributed by atoms with van der Waals surface area (Å²) in [6.45, 7) is 10.6. The Morgan fingerprint density at radius 1 is 0.792 bits per heavy atom. The van der Waals surface area contributed by atoms with Crippen LogP contribution in [0.2, 0.25) is 0 Å². The van der Waals surface area contributed by atoms with Crippen LogP contribution in [-0.4, -0.2) is 70.6 Å². The lowest BCUT2D eigenvalue weighted by atomic mass is 9.87. The molecule has 2 aromatic carbocycles. The van der Waals surface area contributed by atoms with E-state index in [1.165, 1.54) is 7.11 Å². The van der Waals surface area contributed by atoms with Gasteiger partial charge >= 0.3 is 12.1 Å². The molecule has 0 aliphatic carbocycles. The van der Waals surface area contributed by atoms with E-state index in [1.807, 2.05) is 72.8 Å². The van der Waals surface area contributed by atoms with Gasteiger partial charge < -0.3 is 30.4 Å². The molecule has 5 atom stereocenters. The van der Waals surface area contributed by atoms with E-state index in [1.54, 1.807) is 47.7 Å². The number of methoxy groups -OCH3 is 1. The summed E-state index contributed by atoms with van der Waals surface area (Å²) in [4.78, 5) is 48.3. The van der Waals surface area contributed by atoms with Crippen molar-refractivity contribution in [3.63, 3.8) is 0 Å². The monoisotopic (exact) mass is 662 g/mol. The molecule has 3 rings (SSSR count). The topological polar surface area (TPSA) is 159 Å². The number of hydrogen-bond acceptors (Lipinski definition) is 9. The van der Waals surface area contributed by atoms with Crippen molar-refractivity contribution in [2.45, 2.75) is 91.1 Å². The van der Waals surface area contributed by atoms with Crippen molar-refractivity contribution < 1.29 is 34.2 Å². The Morgan fingerprint density at radius 2 is 1.42 bits per heavy atom. The van der Waals surface area contributed by atoms with Crippen molar-refractivity contribution in [3.05, 3.63) is 90.1 Å². The molecule has 11 nitrogen and oxygen atoms in total. The molecule has 0 aliphatic rings. The van der Waals surface area contributed by atoms with Gasteiger partial charge in [-0.2, -0.15) is 0 Å². The second-order valence-electron chi connectivity index (χ2n) is 14.2. The molecular weight excluding hydrogens is 612 g/mol. The highest BCUT2D eigenvalue weighted by Gasteiger charge is 2.36. The fourth-order valence-corrected chi connectivity index (χ4v) is 5.07. The van der Waals surface area contributed by atoms with E-state index in [2.05, 4.69) is 21.1 Å². The Kier molecular flexibility index (Phi) is 13.7. The number of pyridine rings is 1. The number of alkyl carbamates (subject to hydrolysis) is 1. The number of hydrogen-bond donors (Lipinski definition) is 5. The van der Waals surface area contributed by atoms with Gasteiger partial charge in [0.05, 0.1) is 24.9 Å². The average molecular weight is 663 g/mol. The number of nitrogens with one attached hydrogen (secondary N) is 3. The van der Waals surface area contributed by atoms with Gasteiger partial charge in [-0.1, -0.05) is 102 Å². The predicted molar refractivity (Wildman–Crippen MR) is 183 cm³/mol. The molecule has 1 heterocycles. The third-order valence-electron chi connectivity index (χ3n) is 7.96. The number of ether oxygens (including phenoxy) is 1. The average Bonchev–Trinajstić information content (AvgIpc) is 3.05. The van der Waals surface area contributed by atoms with Gasteiger partial charge in [0.1, 0.15) is 12.1 Å². The maximum atomic E-state index is 13.3. The summed E-state index contributed by atoms with van der Waals surface area (Å²) in [5, 5.41) is 27.7. The Morgan fingerprint density at radius 3 is 1.98 bits per heavy atom. The van der Waals surface area contributed by atoms with E-state index in [0.717, 1.165) is 22.4 Å². The van der Waals surface area contributed by atoms with E-state index >= 15 is 0 Å². The second kappa shape index (κ2) is 17.2. The fourth-order valence-electron chi connectivity index (χ4n) is 5.07. The Labute approximate surface area is 283 Å². The smallest absolute Gasteiger partial charge is 0.407 e. The van der Waals surface area contributed by atoms with Crippen LogP contribution in [0.3, 0.4) is 0 Å². The number of carbonyl (C=O) groups is 3. The normalized spacial score (nSPS) is 14.9. The van der Waals surface area contributed by atoms with Crippen molar-refractivity contribution in [3.8, 4) is 11.3 Å². The van der Waals surface area contributed by atoms with Gasteiger partial charge in [-0.15, -0.1) is 5.48 Å². The first kappa shape index (κ1) is 38.1. The summed E-state index contributed by atoms with van der Waals surface area (Å²) in [7, 11) is 1.21. The van der Waals surface area contributed by atoms with E-state index < -0.39 is 59.1 Å². The lowest BCUT2D eigenvalue weighted by molar-refractivity contribution is -0.159. The maximum Gasteiger partial charge on any atom is 0.407 e. The summed E-state index contributed by atoms with van der Waals surface area (Å²) in [5.41, 5.74) is 4.94. The Balaban J connectivity index is 1.87. The van der Waals surface area contributed by atoms with Crippen LogP contribution in [0, 0.1) is 10.8 Å². The number of nitrogens with zero attached hydrogens (tertiary/aromatic N) is 1. The molecule has 0 unspecified atom stereocenters. The zero-order chi connectivity index (χ0) is 35.5. The van der Waals surface area contributed by atoms with Gasteiger partial charge in [-0.25, -0.2) is 9.59 Å². The minimum atomic E-state index is -1.30. The van der Waals surface area contributed by atoms with Gasteiger partial charge in [0.15, 0.2) is 0 Å².